The molecule has 22 heavy (non-hydrogen) atoms. The molecule has 0 N–H and O–H groups in total. The molecule has 0 fully saturated rings. The van der Waals surface area contributed by atoms with Gasteiger partial charge in [-0.15, -0.1) is 0 Å². The maximum Gasteiger partial charge on any atom is -0.00668 e. The molecular weight excluding hydrogens is 264 g/mol. The highest BCUT2D eigenvalue weighted by Gasteiger charge is 2.25. The van der Waals surface area contributed by atoms with Crippen LogP contribution in [-0.4, -0.2) is 0 Å². The molecule has 0 amide bonds. The van der Waals surface area contributed by atoms with Crippen molar-refractivity contribution >= 4 is 11.6 Å². The summed E-state index contributed by atoms with van der Waals surface area (Å²) in [6.45, 7) is 4.42. The van der Waals surface area contributed by atoms with E-state index in [0.29, 0.717) is 0 Å². The van der Waals surface area contributed by atoms with Crippen molar-refractivity contribution in [3.63, 3.8) is 0 Å². The molecule has 0 unspecified atom stereocenters. The van der Waals surface area contributed by atoms with Crippen LogP contribution < -0.4 is 0 Å². The summed E-state index contributed by atoms with van der Waals surface area (Å²) in [7, 11) is 0. The lowest BCUT2D eigenvalue weighted by Gasteiger charge is -2.09. The summed E-state index contributed by atoms with van der Waals surface area (Å²) in [6.07, 6.45) is 2.32. The van der Waals surface area contributed by atoms with E-state index in [-0.39, 0.29) is 0 Å². The van der Waals surface area contributed by atoms with E-state index in [1.807, 2.05) is 0 Å². The van der Waals surface area contributed by atoms with Crippen LogP contribution in [0.2, 0.25) is 0 Å². The quantitative estimate of drug-likeness (QED) is 0.409. The molecule has 0 nitrogen and oxygen atoms in total. The molecule has 0 radical (unpaired) electrons. The highest BCUT2D eigenvalue weighted by molar-refractivity contribution is 6.08. The van der Waals surface area contributed by atoms with Crippen LogP contribution in [0.15, 0.2) is 66.7 Å². The molecule has 0 heteroatoms. The van der Waals surface area contributed by atoms with Crippen LogP contribution >= 0.6 is 0 Å². The van der Waals surface area contributed by atoms with Crippen molar-refractivity contribution in [2.45, 2.75) is 13.8 Å². The Balaban J connectivity index is 2.06. The summed E-state index contributed by atoms with van der Waals surface area (Å²) in [5.74, 6) is 0. The Labute approximate surface area is 131 Å². The minimum Gasteiger partial charge on any atom is -0.0622 e. The molecule has 1 aliphatic carbocycles. The first kappa shape index (κ1) is 13.1. The molecular formula is C22H18. The molecule has 0 spiro atoms. The standard InChI is InChI=1S/C22H18/c1-15-12-13-16(2)22-20(14-17-8-4-3-5-9-17)18-10-6-7-11-19(18)21(15)22/h3-14H,1-2H3/b20-14+. The Morgan fingerprint density at radius 1 is 0.591 bits per heavy atom. The highest BCUT2D eigenvalue weighted by Crippen LogP contribution is 2.47. The second-order valence-corrected chi connectivity index (χ2v) is 5.96. The van der Waals surface area contributed by atoms with Gasteiger partial charge in [0.25, 0.3) is 0 Å². The van der Waals surface area contributed by atoms with Gasteiger partial charge in [-0.05, 0) is 64.4 Å². The van der Waals surface area contributed by atoms with Crippen LogP contribution in [0.1, 0.15) is 27.8 Å². The van der Waals surface area contributed by atoms with Gasteiger partial charge in [0.2, 0.25) is 0 Å². The van der Waals surface area contributed by atoms with Crippen LogP contribution in [0.5, 0.6) is 0 Å². The van der Waals surface area contributed by atoms with E-state index in [1.54, 1.807) is 0 Å². The molecule has 0 saturated carbocycles. The van der Waals surface area contributed by atoms with Gasteiger partial charge in [-0.3, -0.25) is 0 Å². The monoisotopic (exact) mass is 282 g/mol. The van der Waals surface area contributed by atoms with Gasteiger partial charge in [-0.1, -0.05) is 66.7 Å². The van der Waals surface area contributed by atoms with Crippen molar-refractivity contribution < 1.29 is 0 Å². The molecule has 0 saturated heterocycles. The SMILES string of the molecule is Cc1ccc(C)c2c1/C(=C/c1ccccc1)c1ccccc1-2. The van der Waals surface area contributed by atoms with Gasteiger partial charge in [0, 0.05) is 0 Å². The number of rotatable bonds is 1. The van der Waals surface area contributed by atoms with Crippen LogP contribution in [0.25, 0.3) is 22.8 Å². The van der Waals surface area contributed by atoms with Gasteiger partial charge in [0.05, 0.1) is 0 Å². The summed E-state index contributed by atoms with van der Waals surface area (Å²) >= 11 is 0. The Kier molecular flexibility index (Phi) is 2.97. The van der Waals surface area contributed by atoms with Crippen molar-refractivity contribution in [1.82, 2.24) is 0 Å². The Hall–Kier alpha value is -2.60. The second kappa shape index (κ2) is 4.99. The fourth-order valence-electron chi connectivity index (χ4n) is 3.44. The lowest BCUT2D eigenvalue weighted by Crippen LogP contribution is -1.89. The van der Waals surface area contributed by atoms with Crippen LogP contribution in [0, 0.1) is 13.8 Å². The predicted molar refractivity (Wildman–Crippen MR) is 94.8 cm³/mol. The number of benzene rings is 3. The summed E-state index contributed by atoms with van der Waals surface area (Å²) in [4.78, 5) is 0. The smallest absolute Gasteiger partial charge is 0.00668 e. The number of fused-ring (bicyclic) bond motifs is 3. The maximum absolute atomic E-state index is 2.32. The van der Waals surface area contributed by atoms with Gasteiger partial charge < -0.3 is 0 Å². The minimum atomic E-state index is 1.25. The number of aryl methyl sites for hydroxylation is 2. The number of hydrogen-bond acceptors (Lipinski definition) is 0. The molecule has 1 aliphatic rings. The lowest BCUT2D eigenvalue weighted by molar-refractivity contribution is 1.38. The van der Waals surface area contributed by atoms with Gasteiger partial charge in [0.1, 0.15) is 0 Å². The van der Waals surface area contributed by atoms with Crippen molar-refractivity contribution in [2.24, 2.45) is 0 Å². The third-order valence-corrected chi connectivity index (χ3v) is 4.49. The molecule has 0 bridgehead atoms. The van der Waals surface area contributed by atoms with E-state index >= 15 is 0 Å². The Morgan fingerprint density at radius 2 is 1.18 bits per heavy atom. The summed E-state index contributed by atoms with van der Waals surface area (Å²) < 4.78 is 0. The number of hydrogen-bond donors (Lipinski definition) is 0. The summed E-state index contributed by atoms with van der Waals surface area (Å²) in [5.41, 5.74) is 10.8. The van der Waals surface area contributed by atoms with E-state index in [4.69, 9.17) is 0 Å². The summed E-state index contributed by atoms with van der Waals surface area (Å²) in [6, 6.07) is 23.8. The minimum absolute atomic E-state index is 1.25. The average molecular weight is 282 g/mol. The summed E-state index contributed by atoms with van der Waals surface area (Å²) in [5, 5.41) is 0. The zero-order chi connectivity index (χ0) is 15.1. The Morgan fingerprint density at radius 3 is 1.91 bits per heavy atom. The van der Waals surface area contributed by atoms with Gasteiger partial charge in [-0.25, -0.2) is 0 Å². The molecule has 0 aliphatic heterocycles. The second-order valence-electron chi connectivity index (χ2n) is 5.96. The van der Waals surface area contributed by atoms with E-state index in [0.717, 1.165) is 0 Å². The lowest BCUT2D eigenvalue weighted by atomic mass is 9.95. The average Bonchev–Trinajstić information content (AvgIpc) is 2.88. The first-order valence-corrected chi connectivity index (χ1v) is 7.73. The third kappa shape index (κ3) is 1.92. The highest BCUT2D eigenvalue weighted by atomic mass is 14.3. The molecule has 0 heterocycles. The van der Waals surface area contributed by atoms with E-state index < -0.39 is 0 Å². The van der Waals surface area contributed by atoms with Crippen molar-refractivity contribution in [3.8, 4) is 11.1 Å². The van der Waals surface area contributed by atoms with Gasteiger partial charge in [-0.2, -0.15) is 0 Å². The molecule has 0 atom stereocenters. The zero-order valence-electron chi connectivity index (χ0n) is 12.9. The zero-order valence-corrected chi connectivity index (χ0v) is 12.9. The third-order valence-electron chi connectivity index (χ3n) is 4.49. The van der Waals surface area contributed by atoms with Crippen LogP contribution in [-0.2, 0) is 0 Å². The van der Waals surface area contributed by atoms with Gasteiger partial charge >= 0.3 is 0 Å². The molecule has 0 aromatic heterocycles. The van der Waals surface area contributed by atoms with Crippen molar-refractivity contribution in [2.75, 3.05) is 0 Å². The largest absolute Gasteiger partial charge is 0.0622 e. The molecule has 3 aromatic carbocycles. The van der Waals surface area contributed by atoms with E-state index in [2.05, 4.69) is 86.7 Å². The molecule has 3 aromatic rings. The first-order chi connectivity index (χ1) is 10.8. The van der Waals surface area contributed by atoms with Crippen molar-refractivity contribution in [1.29, 1.82) is 0 Å². The fourth-order valence-corrected chi connectivity index (χ4v) is 3.44. The fraction of sp³-hybridized carbons (Fsp3) is 0.0909. The topological polar surface area (TPSA) is 0 Å². The molecule has 106 valence electrons. The van der Waals surface area contributed by atoms with Crippen molar-refractivity contribution in [3.05, 3.63) is 94.5 Å². The maximum atomic E-state index is 2.32. The predicted octanol–water partition coefficient (Wildman–Crippen LogP) is 5.87. The van der Waals surface area contributed by atoms with Gasteiger partial charge in [0.15, 0.2) is 0 Å². The van der Waals surface area contributed by atoms with Crippen LogP contribution in [0.4, 0.5) is 0 Å². The normalized spacial score (nSPS) is 14.0. The Bertz CT molecular complexity index is 883. The first-order valence-electron chi connectivity index (χ1n) is 7.73. The molecule has 4 rings (SSSR count). The van der Waals surface area contributed by atoms with E-state index in [9.17, 15) is 0 Å². The van der Waals surface area contributed by atoms with Crippen LogP contribution in [0.3, 0.4) is 0 Å². The van der Waals surface area contributed by atoms with E-state index in [1.165, 1.54) is 44.5 Å².